The average molecular weight is 147 g/mol. The van der Waals surface area contributed by atoms with Gasteiger partial charge < -0.3 is 9.90 Å². The van der Waals surface area contributed by atoms with Gasteiger partial charge in [-0.2, -0.15) is 12.6 Å². The summed E-state index contributed by atoms with van der Waals surface area (Å²) in [5, 5.41) is 9.83. The zero-order chi connectivity index (χ0) is 7.11. The molecule has 0 heterocycles. The van der Waals surface area contributed by atoms with Gasteiger partial charge in [-0.25, -0.2) is 0 Å². The third-order valence-corrected chi connectivity index (χ3v) is 1.36. The van der Waals surface area contributed by atoms with Crippen molar-refractivity contribution in [2.45, 2.75) is 25.7 Å². The Morgan fingerprint density at radius 1 is 1.33 bits per heavy atom. The maximum absolute atomic E-state index is 9.83. The zero-order valence-corrected chi connectivity index (χ0v) is 6.19. The Morgan fingerprint density at radius 2 is 2.00 bits per heavy atom. The van der Waals surface area contributed by atoms with E-state index in [4.69, 9.17) is 0 Å². The van der Waals surface area contributed by atoms with E-state index in [0.29, 0.717) is 0 Å². The minimum Gasteiger partial charge on any atom is -0.550 e. The number of hydrogen-bond donors (Lipinski definition) is 1. The molecule has 0 aliphatic rings. The summed E-state index contributed by atoms with van der Waals surface area (Å²) in [4.78, 5) is 9.83. The van der Waals surface area contributed by atoms with Crippen molar-refractivity contribution >= 4 is 18.6 Å². The molecule has 0 atom stereocenters. The molecule has 0 fully saturated rings. The van der Waals surface area contributed by atoms with Crippen molar-refractivity contribution in [1.29, 1.82) is 0 Å². The average Bonchev–Trinajstić information content (AvgIpc) is 1.80. The Balaban J connectivity index is 2.83. The van der Waals surface area contributed by atoms with Crippen molar-refractivity contribution in [3.05, 3.63) is 0 Å². The van der Waals surface area contributed by atoms with E-state index in [1.54, 1.807) is 0 Å². The van der Waals surface area contributed by atoms with Crippen molar-refractivity contribution in [1.82, 2.24) is 0 Å². The number of unbranched alkanes of at least 4 members (excludes halogenated alkanes) is 2. The molecule has 0 aliphatic heterocycles. The first-order valence-corrected chi connectivity index (χ1v) is 3.71. The van der Waals surface area contributed by atoms with Crippen molar-refractivity contribution in [2.75, 3.05) is 5.75 Å². The summed E-state index contributed by atoms with van der Waals surface area (Å²) in [5.41, 5.74) is 0. The van der Waals surface area contributed by atoms with Crippen LogP contribution < -0.4 is 5.11 Å². The Bertz CT molecular complexity index is 83.1. The normalized spacial score (nSPS) is 9.44. The van der Waals surface area contributed by atoms with E-state index in [0.717, 1.165) is 25.0 Å². The lowest BCUT2D eigenvalue weighted by atomic mass is 10.2. The fourth-order valence-corrected chi connectivity index (χ4v) is 0.782. The van der Waals surface area contributed by atoms with E-state index in [-0.39, 0.29) is 6.42 Å². The van der Waals surface area contributed by atoms with Crippen molar-refractivity contribution in [3.8, 4) is 0 Å². The minimum absolute atomic E-state index is 0.188. The van der Waals surface area contributed by atoms with Gasteiger partial charge in [0.25, 0.3) is 0 Å². The second kappa shape index (κ2) is 5.95. The van der Waals surface area contributed by atoms with Crippen LogP contribution in [-0.2, 0) is 4.79 Å². The monoisotopic (exact) mass is 147 g/mol. The van der Waals surface area contributed by atoms with Gasteiger partial charge in [0, 0.05) is 5.97 Å². The number of aliphatic carboxylic acids is 1. The molecule has 0 radical (unpaired) electrons. The lowest BCUT2D eigenvalue weighted by molar-refractivity contribution is -0.305. The molecular weight excluding hydrogens is 136 g/mol. The van der Waals surface area contributed by atoms with Crippen LogP contribution in [0.2, 0.25) is 0 Å². The molecular formula is C6H11O2S-. The van der Waals surface area contributed by atoms with Crippen LogP contribution in [-0.4, -0.2) is 11.7 Å². The van der Waals surface area contributed by atoms with Crippen LogP contribution in [0.15, 0.2) is 0 Å². The Hall–Kier alpha value is -0.180. The summed E-state index contributed by atoms with van der Waals surface area (Å²) in [6.07, 6.45) is 2.85. The summed E-state index contributed by atoms with van der Waals surface area (Å²) >= 11 is 3.98. The SMILES string of the molecule is O=C([O-])CCCCCS. The van der Waals surface area contributed by atoms with Gasteiger partial charge >= 0.3 is 0 Å². The third-order valence-electron chi connectivity index (χ3n) is 1.04. The number of carbonyl (C=O) groups excluding carboxylic acids is 1. The lowest BCUT2D eigenvalue weighted by Gasteiger charge is -1.98. The standard InChI is InChI=1S/C6H12O2S/c7-6(8)4-2-1-3-5-9/h9H,1-5H2,(H,7,8)/p-1. The molecule has 0 aliphatic carbocycles. The van der Waals surface area contributed by atoms with E-state index in [2.05, 4.69) is 12.6 Å². The highest BCUT2D eigenvalue weighted by atomic mass is 32.1. The van der Waals surface area contributed by atoms with Gasteiger partial charge in [0.2, 0.25) is 0 Å². The second-order valence-corrected chi connectivity index (χ2v) is 2.35. The van der Waals surface area contributed by atoms with E-state index >= 15 is 0 Å². The Labute approximate surface area is 60.7 Å². The third kappa shape index (κ3) is 7.82. The predicted molar refractivity (Wildman–Crippen MR) is 37.3 cm³/mol. The van der Waals surface area contributed by atoms with Crippen LogP contribution in [0.1, 0.15) is 25.7 Å². The van der Waals surface area contributed by atoms with Gasteiger partial charge in [0.1, 0.15) is 0 Å². The molecule has 0 aromatic heterocycles. The maximum atomic E-state index is 9.83. The van der Waals surface area contributed by atoms with E-state index in [1.807, 2.05) is 0 Å². The Kier molecular flexibility index (Phi) is 5.83. The first-order valence-electron chi connectivity index (χ1n) is 3.08. The molecule has 0 aromatic rings. The minimum atomic E-state index is -0.950. The molecule has 3 heteroatoms. The summed E-state index contributed by atoms with van der Waals surface area (Å²) in [7, 11) is 0. The Morgan fingerprint density at radius 3 is 2.44 bits per heavy atom. The molecule has 0 N–H and O–H groups in total. The predicted octanol–water partition coefficient (Wildman–Crippen LogP) is 0.226. The molecule has 0 bridgehead atoms. The quantitative estimate of drug-likeness (QED) is 0.446. The number of carbonyl (C=O) groups is 1. The van der Waals surface area contributed by atoms with Crippen molar-refractivity contribution < 1.29 is 9.90 Å². The second-order valence-electron chi connectivity index (χ2n) is 1.91. The molecule has 0 spiro atoms. The van der Waals surface area contributed by atoms with Gasteiger partial charge in [0.05, 0.1) is 0 Å². The molecule has 0 saturated heterocycles. The number of thiol groups is 1. The topological polar surface area (TPSA) is 40.1 Å². The van der Waals surface area contributed by atoms with Crippen LogP contribution in [0.5, 0.6) is 0 Å². The summed E-state index contributed by atoms with van der Waals surface area (Å²) in [6.45, 7) is 0. The summed E-state index contributed by atoms with van der Waals surface area (Å²) < 4.78 is 0. The molecule has 0 rings (SSSR count). The van der Waals surface area contributed by atoms with Gasteiger partial charge in [-0.3, -0.25) is 0 Å². The highest BCUT2D eigenvalue weighted by Crippen LogP contribution is 1.99. The van der Waals surface area contributed by atoms with E-state index in [9.17, 15) is 9.90 Å². The lowest BCUT2D eigenvalue weighted by Crippen LogP contribution is -2.21. The number of hydrogen-bond acceptors (Lipinski definition) is 3. The van der Waals surface area contributed by atoms with E-state index in [1.165, 1.54) is 0 Å². The van der Waals surface area contributed by atoms with Crippen LogP contribution in [0.25, 0.3) is 0 Å². The summed E-state index contributed by atoms with van der Waals surface area (Å²) in [5.74, 6) is -0.110. The number of rotatable bonds is 5. The van der Waals surface area contributed by atoms with Crippen LogP contribution in [0.4, 0.5) is 0 Å². The molecule has 0 amide bonds. The van der Waals surface area contributed by atoms with Crippen LogP contribution >= 0.6 is 12.6 Å². The zero-order valence-electron chi connectivity index (χ0n) is 5.30. The first-order chi connectivity index (χ1) is 4.27. The highest BCUT2D eigenvalue weighted by molar-refractivity contribution is 7.80. The van der Waals surface area contributed by atoms with Gasteiger partial charge in [0.15, 0.2) is 0 Å². The fourth-order valence-electron chi connectivity index (χ4n) is 0.558. The first kappa shape index (κ1) is 8.82. The van der Waals surface area contributed by atoms with Gasteiger partial charge in [-0.15, -0.1) is 0 Å². The smallest absolute Gasteiger partial charge is 0.0414 e. The molecule has 9 heavy (non-hydrogen) atoms. The molecule has 0 aromatic carbocycles. The van der Waals surface area contributed by atoms with Gasteiger partial charge in [-0.1, -0.05) is 6.42 Å². The summed E-state index contributed by atoms with van der Waals surface area (Å²) in [6, 6.07) is 0. The fraction of sp³-hybridized carbons (Fsp3) is 0.833. The molecule has 0 saturated carbocycles. The van der Waals surface area contributed by atoms with Crippen LogP contribution in [0, 0.1) is 0 Å². The van der Waals surface area contributed by atoms with Gasteiger partial charge in [-0.05, 0) is 25.0 Å². The maximum Gasteiger partial charge on any atom is 0.0414 e. The van der Waals surface area contributed by atoms with E-state index < -0.39 is 5.97 Å². The molecule has 2 nitrogen and oxygen atoms in total. The largest absolute Gasteiger partial charge is 0.550 e. The molecule has 0 unspecified atom stereocenters. The molecule has 54 valence electrons. The van der Waals surface area contributed by atoms with Crippen molar-refractivity contribution in [3.63, 3.8) is 0 Å². The van der Waals surface area contributed by atoms with Crippen LogP contribution in [0.3, 0.4) is 0 Å². The van der Waals surface area contributed by atoms with Crippen molar-refractivity contribution in [2.24, 2.45) is 0 Å². The highest BCUT2D eigenvalue weighted by Gasteiger charge is 1.86. The number of carboxylic acids is 1. The number of carboxylic acid groups (broad SMARTS) is 1.